The van der Waals surface area contributed by atoms with Crippen molar-refractivity contribution >= 4 is 11.6 Å². The Morgan fingerprint density at radius 3 is 2.71 bits per heavy atom. The lowest BCUT2D eigenvalue weighted by Crippen LogP contribution is -2.49. The van der Waals surface area contributed by atoms with Crippen LogP contribution < -0.4 is 5.73 Å². The van der Waals surface area contributed by atoms with Crippen LogP contribution in [0, 0.1) is 0 Å². The number of carbonyl (C=O) groups is 1. The number of hydrogen-bond donors (Lipinski definition) is 1. The molecule has 1 fully saturated rings. The number of nitrogen functional groups attached to an aromatic ring is 1. The summed E-state index contributed by atoms with van der Waals surface area (Å²) in [5.74, 6) is 1.40. The van der Waals surface area contributed by atoms with Crippen LogP contribution in [-0.2, 0) is 6.42 Å². The molecule has 2 aromatic rings. The third kappa shape index (κ3) is 3.41. The summed E-state index contributed by atoms with van der Waals surface area (Å²) >= 11 is 0. The third-order valence-corrected chi connectivity index (χ3v) is 4.44. The molecule has 1 aliphatic heterocycles. The maximum absolute atomic E-state index is 12.6. The number of rotatable bonds is 4. The quantitative estimate of drug-likeness (QED) is 0.860. The van der Waals surface area contributed by atoms with Crippen LogP contribution >= 0.6 is 0 Å². The Kier molecular flexibility index (Phi) is 4.80. The van der Waals surface area contributed by atoms with E-state index in [-0.39, 0.29) is 11.9 Å². The molecule has 2 heterocycles. The molecule has 1 aliphatic rings. The van der Waals surface area contributed by atoms with Crippen molar-refractivity contribution in [2.45, 2.75) is 26.3 Å². The van der Waals surface area contributed by atoms with E-state index in [1.54, 1.807) is 18.2 Å². The van der Waals surface area contributed by atoms with Gasteiger partial charge in [0, 0.05) is 43.9 Å². The van der Waals surface area contributed by atoms with E-state index in [1.807, 2.05) is 17.9 Å². The number of hydrogen-bond acceptors (Lipinski definition) is 6. The van der Waals surface area contributed by atoms with E-state index >= 15 is 0 Å². The van der Waals surface area contributed by atoms with Crippen LogP contribution in [0.25, 0.3) is 0 Å². The Hall–Kier alpha value is -2.41. The van der Waals surface area contributed by atoms with E-state index in [4.69, 9.17) is 10.3 Å². The summed E-state index contributed by atoms with van der Waals surface area (Å²) < 4.78 is 5.33. The highest BCUT2D eigenvalue weighted by Crippen LogP contribution is 2.21. The number of carbonyl (C=O) groups excluding carboxylic acids is 1. The summed E-state index contributed by atoms with van der Waals surface area (Å²) in [6.45, 7) is 6.96. The molecule has 0 aliphatic carbocycles. The van der Waals surface area contributed by atoms with Crippen molar-refractivity contribution in [2.75, 3.05) is 31.9 Å². The minimum absolute atomic E-state index is 0.0284. The van der Waals surface area contributed by atoms with E-state index in [2.05, 4.69) is 22.0 Å². The second-order valence-corrected chi connectivity index (χ2v) is 6.03. The normalized spacial score (nSPS) is 17.0. The van der Waals surface area contributed by atoms with Crippen LogP contribution in [0.5, 0.6) is 0 Å². The summed E-state index contributed by atoms with van der Waals surface area (Å²) in [5.41, 5.74) is 7.01. The monoisotopic (exact) mass is 329 g/mol. The minimum atomic E-state index is 0.0284. The molecule has 128 valence electrons. The third-order valence-electron chi connectivity index (χ3n) is 4.44. The molecule has 1 amide bonds. The molecule has 24 heavy (non-hydrogen) atoms. The number of anilines is 1. The maximum atomic E-state index is 12.6. The maximum Gasteiger partial charge on any atom is 0.254 e. The van der Waals surface area contributed by atoms with E-state index < -0.39 is 0 Å². The number of piperazine rings is 1. The number of aromatic nitrogens is 2. The Morgan fingerprint density at radius 1 is 1.33 bits per heavy atom. The van der Waals surface area contributed by atoms with Gasteiger partial charge in [-0.3, -0.25) is 9.69 Å². The predicted molar refractivity (Wildman–Crippen MR) is 90.4 cm³/mol. The SMILES string of the molecule is CCc1noc(C(C)N2CCN(C(=O)c3cccc(N)c3)CC2)n1. The number of aryl methyl sites for hydroxylation is 1. The molecule has 1 aromatic heterocycles. The molecular weight excluding hydrogens is 306 g/mol. The summed E-state index contributed by atoms with van der Waals surface area (Å²) in [5, 5.41) is 3.95. The number of benzene rings is 1. The highest BCUT2D eigenvalue weighted by molar-refractivity contribution is 5.95. The van der Waals surface area contributed by atoms with E-state index in [0.717, 1.165) is 25.3 Å². The van der Waals surface area contributed by atoms with E-state index in [0.29, 0.717) is 30.2 Å². The van der Waals surface area contributed by atoms with Crippen molar-refractivity contribution in [1.82, 2.24) is 19.9 Å². The summed E-state index contributed by atoms with van der Waals surface area (Å²) in [4.78, 5) is 21.1. The minimum Gasteiger partial charge on any atom is -0.399 e. The Morgan fingerprint density at radius 2 is 2.08 bits per heavy atom. The zero-order valence-corrected chi connectivity index (χ0v) is 14.1. The highest BCUT2D eigenvalue weighted by Gasteiger charge is 2.27. The van der Waals surface area contributed by atoms with Gasteiger partial charge in [0.25, 0.3) is 5.91 Å². The molecule has 1 atom stereocenters. The lowest BCUT2D eigenvalue weighted by molar-refractivity contribution is 0.0551. The molecule has 0 spiro atoms. The molecule has 2 N–H and O–H groups in total. The van der Waals surface area contributed by atoms with Crippen LogP contribution in [0.1, 0.15) is 42.0 Å². The fourth-order valence-electron chi connectivity index (χ4n) is 2.90. The molecule has 7 nitrogen and oxygen atoms in total. The second kappa shape index (κ2) is 7.00. The first-order valence-corrected chi connectivity index (χ1v) is 8.30. The largest absolute Gasteiger partial charge is 0.399 e. The van der Waals surface area contributed by atoms with Crippen LogP contribution in [0.4, 0.5) is 5.69 Å². The zero-order valence-electron chi connectivity index (χ0n) is 14.1. The zero-order chi connectivity index (χ0) is 17.1. The lowest BCUT2D eigenvalue weighted by Gasteiger charge is -2.36. The van der Waals surface area contributed by atoms with Crippen LogP contribution in [0.2, 0.25) is 0 Å². The molecule has 1 unspecified atom stereocenters. The van der Waals surface area contributed by atoms with Gasteiger partial charge in [-0.2, -0.15) is 4.98 Å². The van der Waals surface area contributed by atoms with Crippen molar-refractivity contribution in [3.8, 4) is 0 Å². The van der Waals surface area contributed by atoms with Gasteiger partial charge in [-0.25, -0.2) is 0 Å². The average molecular weight is 329 g/mol. The lowest BCUT2D eigenvalue weighted by atomic mass is 10.1. The molecular formula is C17H23N5O2. The number of nitrogens with two attached hydrogens (primary N) is 1. The van der Waals surface area contributed by atoms with Gasteiger partial charge < -0.3 is 15.2 Å². The fourth-order valence-corrected chi connectivity index (χ4v) is 2.90. The predicted octanol–water partition coefficient (Wildman–Crippen LogP) is 1.73. The smallest absolute Gasteiger partial charge is 0.254 e. The van der Waals surface area contributed by atoms with Crippen molar-refractivity contribution in [3.63, 3.8) is 0 Å². The van der Waals surface area contributed by atoms with Crippen molar-refractivity contribution in [3.05, 3.63) is 41.5 Å². The first-order valence-electron chi connectivity index (χ1n) is 8.30. The summed E-state index contributed by atoms with van der Waals surface area (Å²) in [7, 11) is 0. The molecule has 7 heteroatoms. The van der Waals surface area contributed by atoms with Crippen molar-refractivity contribution < 1.29 is 9.32 Å². The highest BCUT2D eigenvalue weighted by atomic mass is 16.5. The van der Waals surface area contributed by atoms with Crippen LogP contribution in [0.15, 0.2) is 28.8 Å². The fraction of sp³-hybridized carbons (Fsp3) is 0.471. The molecule has 3 rings (SSSR count). The summed E-state index contributed by atoms with van der Waals surface area (Å²) in [6, 6.07) is 7.18. The van der Waals surface area contributed by atoms with Gasteiger partial charge in [-0.15, -0.1) is 0 Å². The van der Waals surface area contributed by atoms with Gasteiger partial charge in [0.1, 0.15) is 0 Å². The van der Waals surface area contributed by atoms with Gasteiger partial charge in [0.2, 0.25) is 5.89 Å². The standard InChI is InChI=1S/C17H23N5O2/c1-3-15-19-16(24-20-15)12(2)21-7-9-22(10-8-21)17(23)13-5-4-6-14(18)11-13/h4-6,11-12H,3,7-10,18H2,1-2H3. The van der Waals surface area contributed by atoms with Crippen LogP contribution in [0.3, 0.4) is 0 Å². The molecule has 0 bridgehead atoms. The van der Waals surface area contributed by atoms with Gasteiger partial charge in [-0.05, 0) is 25.1 Å². The topological polar surface area (TPSA) is 88.5 Å². The Labute approximate surface area is 141 Å². The van der Waals surface area contributed by atoms with Gasteiger partial charge in [0.05, 0.1) is 6.04 Å². The van der Waals surface area contributed by atoms with Gasteiger partial charge >= 0.3 is 0 Å². The van der Waals surface area contributed by atoms with Crippen molar-refractivity contribution in [2.24, 2.45) is 0 Å². The Balaban J connectivity index is 1.60. The van der Waals surface area contributed by atoms with Gasteiger partial charge in [0.15, 0.2) is 5.82 Å². The second-order valence-electron chi connectivity index (χ2n) is 6.03. The number of amides is 1. The number of nitrogens with zero attached hydrogens (tertiary/aromatic N) is 4. The van der Waals surface area contributed by atoms with Gasteiger partial charge in [-0.1, -0.05) is 18.1 Å². The molecule has 1 aromatic carbocycles. The van der Waals surface area contributed by atoms with E-state index in [9.17, 15) is 4.79 Å². The Bertz CT molecular complexity index is 707. The first-order chi connectivity index (χ1) is 11.6. The molecule has 1 saturated heterocycles. The first kappa shape index (κ1) is 16.4. The summed E-state index contributed by atoms with van der Waals surface area (Å²) in [6.07, 6.45) is 0.763. The molecule has 0 radical (unpaired) electrons. The van der Waals surface area contributed by atoms with E-state index in [1.165, 1.54) is 0 Å². The average Bonchev–Trinajstić information content (AvgIpc) is 3.10. The molecule has 0 saturated carbocycles. The van der Waals surface area contributed by atoms with Crippen LogP contribution in [-0.4, -0.2) is 52.0 Å². The van der Waals surface area contributed by atoms with Crippen molar-refractivity contribution in [1.29, 1.82) is 0 Å².